The first kappa shape index (κ1) is 60.7. The molecular formula is C54H66Cl3N15O9S3. The summed E-state index contributed by atoms with van der Waals surface area (Å²) in [6.45, 7) is 16.7. The smallest absolute Gasteiger partial charge is 0.283 e. The average molecular weight is 1270 g/mol. The average Bonchev–Trinajstić information content (AvgIpc) is 1.89. The molecule has 0 aliphatic carbocycles. The summed E-state index contributed by atoms with van der Waals surface area (Å²) in [7, 11) is -12.2. The standard InChI is InChI=1S/3C18H22ClN5O3S/c3*1-18(2)10-12-4-3-8-23-9-7-15(21-23)28(26,27)22-17(25)13-5-6-14(19)20-16(13)24(18)11-12/h3*5-7,9,12H,3-4,8,10-11H2,1-2H3,(H,22,25). The van der Waals surface area contributed by atoms with Gasteiger partial charge < -0.3 is 14.7 Å². The molecule has 6 aromatic rings. The molecule has 3 unspecified atom stereocenters. The number of hydrogen-bond donors (Lipinski definition) is 3. The predicted octanol–water partition coefficient (Wildman–Crippen LogP) is 7.35. The summed E-state index contributed by atoms with van der Waals surface area (Å²) in [4.78, 5) is 58.0. The van der Waals surface area contributed by atoms with Crippen LogP contribution < -0.4 is 28.9 Å². The van der Waals surface area contributed by atoms with Crippen LogP contribution in [0.15, 0.2) is 88.3 Å². The molecule has 12 rings (SSSR count). The molecule has 0 saturated carbocycles. The van der Waals surface area contributed by atoms with Crippen molar-refractivity contribution in [3.63, 3.8) is 0 Å². The van der Waals surface area contributed by atoms with E-state index in [9.17, 15) is 39.6 Å². The first-order chi connectivity index (χ1) is 39.5. The maximum atomic E-state index is 12.9. The fourth-order valence-electron chi connectivity index (χ4n) is 12.4. The molecule has 30 heteroatoms. The molecule has 12 bridgehead atoms. The Morgan fingerprint density at radius 2 is 0.690 bits per heavy atom. The molecule has 0 radical (unpaired) electrons. The van der Waals surface area contributed by atoms with Gasteiger partial charge in [-0.15, -0.1) is 0 Å². The number of hydrogen-bond acceptors (Lipinski definition) is 18. The number of sulfonamides is 3. The van der Waals surface area contributed by atoms with Gasteiger partial charge in [-0.3, -0.25) is 28.4 Å². The molecule has 3 fully saturated rings. The summed E-state index contributed by atoms with van der Waals surface area (Å²) in [5.41, 5.74) is -0.146. The highest BCUT2D eigenvalue weighted by atomic mass is 35.5. The molecule has 0 aromatic carbocycles. The quantitative estimate of drug-likeness (QED) is 0.125. The molecule has 3 amide bonds. The van der Waals surface area contributed by atoms with Crippen LogP contribution in [-0.2, 0) is 49.7 Å². The molecule has 0 spiro atoms. The summed E-state index contributed by atoms with van der Waals surface area (Å²) in [6, 6.07) is 13.2. The van der Waals surface area contributed by atoms with Crippen LogP contribution in [0.5, 0.6) is 0 Å². The monoisotopic (exact) mass is 1270 g/mol. The van der Waals surface area contributed by atoms with E-state index in [1.807, 2.05) is 0 Å². The van der Waals surface area contributed by atoms with Gasteiger partial charge >= 0.3 is 0 Å². The van der Waals surface area contributed by atoms with Gasteiger partial charge in [-0.1, -0.05) is 34.8 Å². The van der Waals surface area contributed by atoms with Crippen LogP contribution in [0.2, 0.25) is 15.5 Å². The predicted molar refractivity (Wildman–Crippen MR) is 315 cm³/mol. The summed E-state index contributed by atoms with van der Waals surface area (Å²) in [6.07, 6.45) is 13.3. The molecule has 12 heterocycles. The van der Waals surface area contributed by atoms with E-state index in [-0.39, 0.29) is 63.8 Å². The van der Waals surface area contributed by atoms with Gasteiger partial charge in [0.1, 0.15) is 32.9 Å². The number of anilines is 3. The van der Waals surface area contributed by atoms with Gasteiger partial charge in [0.2, 0.25) is 0 Å². The van der Waals surface area contributed by atoms with Gasteiger partial charge in [-0.05, 0) is 172 Å². The molecule has 24 nitrogen and oxygen atoms in total. The molecule has 3 saturated heterocycles. The van der Waals surface area contributed by atoms with Crippen LogP contribution in [-0.4, -0.2) is 124 Å². The molecule has 3 N–H and O–H groups in total. The normalized spacial score (nSPS) is 23.6. The van der Waals surface area contributed by atoms with Gasteiger partial charge in [0.25, 0.3) is 47.8 Å². The molecule has 84 heavy (non-hydrogen) atoms. The summed E-state index contributed by atoms with van der Waals surface area (Å²) < 4.78 is 86.8. The molecule has 6 aromatic heterocycles. The largest absolute Gasteiger partial charge is 0.350 e. The molecular weight excluding hydrogens is 1210 g/mol. The topological polar surface area (TPSA) is 292 Å². The van der Waals surface area contributed by atoms with Crippen molar-refractivity contribution in [3.05, 3.63) is 105 Å². The highest BCUT2D eigenvalue weighted by Crippen LogP contribution is 2.43. The van der Waals surface area contributed by atoms with Crippen molar-refractivity contribution in [2.75, 3.05) is 34.3 Å². The number of pyridine rings is 3. The highest BCUT2D eigenvalue weighted by Gasteiger charge is 2.44. The number of nitrogens with one attached hydrogen (secondary N) is 3. The second-order valence-corrected chi connectivity index (χ2v) is 30.0. The van der Waals surface area contributed by atoms with E-state index in [2.05, 4.69) is 101 Å². The maximum Gasteiger partial charge on any atom is 0.283 e. The third-order valence-electron chi connectivity index (χ3n) is 16.3. The Balaban J connectivity index is 0.000000140. The van der Waals surface area contributed by atoms with Gasteiger partial charge in [0, 0.05) is 74.5 Å². The second-order valence-electron chi connectivity index (χ2n) is 24.0. The van der Waals surface area contributed by atoms with E-state index in [0.29, 0.717) is 54.8 Å². The summed E-state index contributed by atoms with van der Waals surface area (Å²) >= 11 is 18.3. The van der Waals surface area contributed by atoms with Crippen LogP contribution >= 0.6 is 34.8 Å². The fourth-order valence-corrected chi connectivity index (χ4v) is 15.6. The zero-order valence-corrected chi connectivity index (χ0v) is 51.9. The van der Waals surface area contributed by atoms with Gasteiger partial charge in [-0.25, -0.2) is 29.1 Å². The van der Waals surface area contributed by atoms with E-state index >= 15 is 0 Å². The van der Waals surface area contributed by atoms with Crippen LogP contribution in [0.4, 0.5) is 17.5 Å². The lowest BCUT2D eigenvalue weighted by atomic mass is 9.93. The van der Waals surface area contributed by atoms with Crippen molar-refractivity contribution in [2.24, 2.45) is 17.8 Å². The Kier molecular flexibility index (Phi) is 16.7. The van der Waals surface area contributed by atoms with Crippen molar-refractivity contribution >= 4 is 100 Å². The lowest BCUT2D eigenvalue weighted by Crippen LogP contribution is -2.41. The Morgan fingerprint density at radius 3 is 0.952 bits per heavy atom. The SMILES string of the molecule is CC1(C)CC2CCCn3ccc(n3)S(=O)(=O)NC(=O)c3ccc(Cl)nc3N1C2.CC1(C)CC2CCCn3ccc(n3)S(=O)(=O)NC(=O)c3ccc(Cl)nc3N1C2.CC1(C)CC2CCCn3ccc(n3)S(=O)(=O)NC(=O)c3ccc(Cl)nc3N1C2. The van der Waals surface area contributed by atoms with Crippen LogP contribution in [0.3, 0.4) is 0 Å². The van der Waals surface area contributed by atoms with Gasteiger partial charge in [0.15, 0.2) is 15.1 Å². The number of amides is 3. The van der Waals surface area contributed by atoms with E-state index in [1.165, 1.54) is 54.6 Å². The molecule has 450 valence electrons. The van der Waals surface area contributed by atoms with Crippen molar-refractivity contribution in [2.45, 2.75) is 151 Å². The number of aromatic nitrogens is 9. The number of fused-ring (bicyclic) bond motifs is 18. The zero-order valence-electron chi connectivity index (χ0n) is 47.2. The number of aryl methyl sites for hydroxylation is 3. The number of halogens is 3. The van der Waals surface area contributed by atoms with Crippen molar-refractivity contribution in [3.8, 4) is 0 Å². The van der Waals surface area contributed by atoms with E-state index < -0.39 is 47.8 Å². The second kappa shape index (κ2) is 23.1. The van der Waals surface area contributed by atoms with Crippen LogP contribution in [0.1, 0.15) is 130 Å². The third kappa shape index (κ3) is 13.0. The molecule has 3 atom stereocenters. The maximum absolute atomic E-state index is 12.9. The number of rotatable bonds is 0. The van der Waals surface area contributed by atoms with Crippen molar-refractivity contribution < 1.29 is 39.6 Å². The zero-order chi connectivity index (χ0) is 60.3. The lowest BCUT2D eigenvalue weighted by molar-refractivity contribution is 0.0972. The summed E-state index contributed by atoms with van der Waals surface area (Å²) in [5, 5.41) is 12.6. The minimum atomic E-state index is -4.08. The Hall–Kier alpha value is -6.39. The van der Waals surface area contributed by atoms with Crippen LogP contribution in [0.25, 0.3) is 0 Å². The lowest BCUT2D eigenvalue weighted by Gasteiger charge is -2.33. The highest BCUT2D eigenvalue weighted by molar-refractivity contribution is 7.90. The van der Waals surface area contributed by atoms with E-state index in [0.717, 1.165) is 77.4 Å². The number of carbonyl (C=O) groups excluding carboxylic acids is 3. The van der Waals surface area contributed by atoms with Gasteiger partial charge in [0.05, 0.1) is 16.7 Å². The fraction of sp³-hybridized carbons (Fsp3) is 0.500. The molecule has 6 aliphatic rings. The third-order valence-corrected chi connectivity index (χ3v) is 20.6. The minimum absolute atomic E-state index is 0.176. The van der Waals surface area contributed by atoms with E-state index in [1.54, 1.807) is 32.6 Å². The minimum Gasteiger partial charge on any atom is -0.350 e. The van der Waals surface area contributed by atoms with E-state index in [4.69, 9.17) is 34.8 Å². The summed E-state index contributed by atoms with van der Waals surface area (Å²) in [5.74, 6) is 0.316. The Labute approximate surface area is 503 Å². The number of nitrogens with zero attached hydrogens (tertiary/aromatic N) is 12. The molecule has 6 aliphatic heterocycles. The first-order valence-corrected chi connectivity index (χ1v) is 33.2. The van der Waals surface area contributed by atoms with Gasteiger partial charge in [-0.2, -0.15) is 40.5 Å². The van der Waals surface area contributed by atoms with Crippen LogP contribution in [0, 0.1) is 17.8 Å². The number of carbonyl (C=O) groups is 3. The first-order valence-electron chi connectivity index (χ1n) is 27.6. The van der Waals surface area contributed by atoms with Crippen molar-refractivity contribution in [1.29, 1.82) is 0 Å². The van der Waals surface area contributed by atoms with Crippen molar-refractivity contribution in [1.82, 2.24) is 58.5 Å². The Morgan fingerprint density at radius 1 is 0.429 bits per heavy atom. The Bertz CT molecular complexity index is 3490.